The molecule has 0 atom stereocenters. The summed E-state index contributed by atoms with van der Waals surface area (Å²) in [5, 5.41) is 3.68. The predicted molar refractivity (Wildman–Crippen MR) is 103 cm³/mol. The summed E-state index contributed by atoms with van der Waals surface area (Å²) in [5.74, 6) is -0.795. The fourth-order valence-electron chi connectivity index (χ4n) is 3.53. The molecule has 0 radical (unpaired) electrons. The number of nitrogens with one attached hydrogen (secondary N) is 1. The molecule has 1 aromatic heterocycles. The maximum atomic E-state index is 12.1. The molecule has 5 heteroatoms. The van der Waals surface area contributed by atoms with Crippen LogP contribution in [0.4, 0.5) is 5.69 Å². The SMILES string of the molecule is Cc1ccc2c(CC(=O)OCC(=O)Nc3ccc4c(c3)CCC4)coc2c1. The van der Waals surface area contributed by atoms with Crippen LogP contribution >= 0.6 is 0 Å². The number of rotatable bonds is 5. The third-order valence-electron chi connectivity index (χ3n) is 4.89. The van der Waals surface area contributed by atoms with Gasteiger partial charge in [-0.3, -0.25) is 9.59 Å². The van der Waals surface area contributed by atoms with Gasteiger partial charge in [0, 0.05) is 16.6 Å². The van der Waals surface area contributed by atoms with E-state index in [1.165, 1.54) is 11.1 Å². The molecule has 0 unspecified atom stereocenters. The Bertz CT molecular complexity index is 1020. The van der Waals surface area contributed by atoms with E-state index in [0.29, 0.717) is 0 Å². The molecular weight excluding hydrogens is 342 g/mol. The van der Waals surface area contributed by atoms with Gasteiger partial charge >= 0.3 is 5.97 Å². The van der Waals surface area contributed by atoms with E-state index >= 15 is 0 Å². The molecule has 1 aliphatic rings. The van der Waals surface area contributed by atoms with E-state index in [0.717, 1.165) is 47.0 Å². The summed E-state index contributed by atoms with van der Waals surface area (Å²) < 4.78 is 10.6. The van der Waals surface area contributed by atoms with Gasteiger partial charge in [0.25, 0.3) is 5.91 Å². The van der Waals surface area contributed by atoms with Crippen molar-refractivity contribution >= 4 is 28.5 Å². The van der Waals surface area contributed by atoms with E-state index in [4.69, 9.17) is 9.15 Å². The van der Waals surface area contributed by atoms with E-state index in [1.54, 1.807) is 6.26 Å². The van der Waals surface area contributed by atoms with E-state index in [-0.39, 0.29) is 18.9 Å². The Morgan fingerprint density at radius 1 is 1.11 bits per heavy atom. The van der Waals surface area contributed by atoms with Crippen LogP contribution in [0.1, 0.15) is 28.7 Å². The van der Waals surface area contributed by atoms with Crippen molar-refractivity contribution in [2.24, 2.45) is 0 Å². The zero-order valence-electron chi connectivity index (χ0n) is 15.2. The molecule has 3 aromatic rings. The van der Waals surface area contributed by atoms with Crippen molar-refractivity contribution in [3.63, 3.8) is 0 Å². The van der Waals surface area contributed by atoms with Gasteiger partial charge < -0.3 is 14.5 Å². The molecule has 2 aromatic carbocycles. The molecule has 1 heterocycles. The van der Waals surface area contributed by atoms with Crippen LogP contribution in [0.3, 0.4) is 0 Å². The summed E-state index contributed by atoms with van der Waals surface area (Å²) in [6, 6.07) is 11.8. The van der Waals surface area contributed by atoms with Gasteiger partial charge in [-0.05, 0) is 61.1 Å². The molecule has 0 saturated heterocycles. The number of carbonyl (C=O) groups is 2. The lowest BCUT2D eigenvalue weighted by atomic mass is 10.1. The van der Waals surface area contributed by atoms with E-state index in [2.05, 4.69) is 11.4 Å². The molecule has 1 N–H and O–H groups in total. The first kappa shape index (κ1) is 17.3. The second-order valence-electron chi connectivity index (χ2n) is 6.98. The molecule has 0 saturated carbocycles. The normalized spacial score (nSPS) is 12.8. The van der Waals surface area contributed by atoms with Gasteiger partial charge in [-0.25, -0.2) is 0 Å². The van der Waals surface area contributed by atoms with Crippen LogP contribution in [0.5, 0.6) is 0 Å². The first-order valence-corrected chi connectivity index (χ1v) is 9.12. The molecule has 0 bridgehead atoms. The lowest BCUT2D eigenvalue weighted by molar-refractivity contribution is -0.146. The molecule has 0 aliphatic heterocycles. The fraction of sp³-hybridized carbons (Fsp3) is 0.273. The second-order valence-corrected chi connectivity index (χ2v) is 6.98. The Balaban J connectivity index is 1.31. The number of furan rings is 1. The fourth-order valence-corrected chi connectivity index (χ4v) is 3.53. The minimum atomic E-state index is -0.456. The molecular formula is C22H21NO4. The van der Waals surface area contributed by atoms with Crippen molar-refractivity contribution in [1.82, 2.24) is 0 Å². The van der Waals surface area contributed by atoms with Crippen molar-refractivity contribution < 1.29 is 18.7 Å². The minimum absolute atomic E-state index is 0.0716. The smallest absolute Gasteiger partial charge is 0.310 e. The average Bonchev–Trinajstić information content (AvgIpc) is 3.26. The second kappa shape index (κ2) is 7.27. The number of fused-ring (bicyclic) bond motifs is 2. The quantitative estimate of drug-likeness (QED) is 0.697. The molecule has 0 fully saturated rings. The first-order valence-electron chi connectivity index (χ1n) is 9.12. The Labute approximate surface area is 157 Å². The van der Waals surface area contributed by atoms with Crippen LogP contribution < -0.4 is 5.32 Å². The largest absolute Gasteiger partial charge is 0.464 e. The van der Waals surface area contributed by atoms with Gasteiger partial charge in [-0.1, -0.05) is 18.2 Å². The molecule has 5 nitrogen and oxygen atoms in total. The highest BCUT2D eigenvalue weighted by molar-refractivity contribution is 5.93. The number of amides is 1. The van der Waals surface area contributed by atoms with Gasteiger partial charge in [0.2, 0.25) is 0 Å². The number of esters is 1. The van der Waals surface area contributed by atoms with Crippen molar-refractivity contribution in [2.45, 2.75) is 32.6 Å². The van der Waals surface area contributed by atoms with E-state index in [1.807, 2.05) is 37.3 Å². The van der Waals surface area contributed by atoms with Gasteiger partial charge in [0.15, 0.2) is 6.61 Å². The predicted octanol–water partition coefficient (Wildman–Crippen LogP) is 3.95. The lowest BCUT2D eigenvalue weighted by Crippen LogP contribution is -2.21. The van der Waals surface area contributed by atoms with E-state index < -0.39 is 5.97 Å². The first-order chi connectivity index (χ1) is 13.1. The minimum Gasteiger partial charge on any atom is -0.464 e. The van der Waals surface area contributed by atoms with Crippen molar-refractivity contribution in [3.05, 3.63) is 64.9 Å². The number of hydrogen-bond donors (Lipinski definition) is 1. The number of carbonyl (C=O) groups excluding carboxylic acids is 2. The molecule has 4 rings (SSSR count). The summed E-state index contributed by atoms with van der Waals surface area (Å²) in [6.07, 6.45) is 4.94. The number of benzene rings is 2. The third-order valence-corrected chi connectivity index (χ3v) is 4.89. The molecule has 1 aliphatic carbocycles. The zero-order valence-corrected chi connectivity index (χ0v) is 15.2. The maximum absolute atomic E-state index is 12.1. The highest BCUT2D eigenvalue weighted by atomic mass is 16.5. The van der Waals surface area contributed by atoms with E-state index in [9.17, 15) is 9.59 Å². The standard InChI is InChI=1S/C22H21NO4/c1-14-5-8-19-17(12-26-20(19)9-14)11-22(25)27-13-21(24)23-18-7-6-15-3-2-4-16(15)10-18/h5-10,12H,2-4,11,13H2,1H3,(H,23,24). The summed E-state index contributed by atoms with van der Waals surface area (Å²) in [4.78, 5) is 24.1. The highest BCUT2D eigenvalue weighted by Gasteiger charge is 2.15. The lowest BCUT2D eigenvalue weighted by Gasteiger charge is -2.08. The summed E-state index contributed by atoms with van der Waals surface area (Å²) >= 11 is 0. The Kier molecular flexibility index (Phi) is 4.67. The monoisotopic (exact) mass is 363 g/mol. The van der Waals surface area contributed by atoms with Crippen molar-refractivity contribution in [3.8, 4) is 0 Å². The molecule has 27 heavy (non-hydrogen) atoms. The molecule has 138 valence electrons. The Morgan fingerprint density at radius 3 is 2.85 bits per heavy atom. The van der Waals surface area contributed by atoms with Crippen molar-refractivity contribution in [2.75, 3.05) is 11.9 Å². The third kappa shape index (κ3) is 3.87. The van der Waals surface area contributed by atoms with Crippen LogP contribution in [0, 0.1) is 6.92 Å². The highest BCUT2D eigenvalue weighted by Crippen LogP contribution is 2.25. The zero-order chi connectivity index (χ0) is 18.8. The van der Waals surface area contributed by atoms with Crippen molar-refractivity contribution in [1.29, 1.82) is 0 Å². The Hall–Kier alpha value is -3.08. The summed E-state index contributed by atoms with van der Waals surface area (Å²) in [5.41, 5.74) is 5.97. The number of hydrogen-bond acceptors (Lipinski definition) is 4. The number of anilines is 1. The van der Waals surface area contributed by atoms with Crippen LogP contribution in [0.2, 0.25) is 0 Å². The summed E-state index contributed by atoms with van der Waals surface area (Å²) in [6.45, 7) is 1.68. The molecule has 0 spiro atoms. The van der Waals surface area contributed by atoms with Crippen LogP contribution in [-0.4, -0.2) is 18.5 Å². The Morgan fingerprint density at radius 2 is 1.96 bits per heavy atom. The number of aryl methyl sites for hydroxylation is 3. The number of ether oxygens (including phenoxy) is 1. The van der Waals surface area contributed by atoms with Crippen LogP contribution in [-0.2, 0) is 33.6 Å². The van der Waals surface area contributed by atoms with Gasteiger partial charge in [-0.15, -0.1) is 0 Å². The van der Waals surface area contributed by atoms with Gasteiger partial charge in [0.1, 0.15) is 5.58 Å². The average molecular weight is 363 g/mol. The summed E-state index contributed by atoms with van der Waals surface area (Å²) in [7, 11) is 0. The maximum Gasteiger partial charge on any atom is 0.310 e. The van der Waals surface area contributed by atoms with Crippen LogP contribution in [0.15, 0.2) is 47.1 Å². The topological polar surface area (TPSA) is 68.5 Å². The molecule has 1 amide bonds. The van der Waals surface area contributed by atoms with Gasteiger partial charge in [-0.2, -0.15) is 0 Å². The van der Waals surface area contributed by atoms with Gasteiger partial charge in [0.05, 0.1) is 12.7 Å². The van der Waals surface area contributed by atoms with Crippen LogP contribution in [0.25, 0.3) is 11.0 Å².